The third kappa shape index (κ3) is 39.2. The highest BCUT2D eigenvalue weighted by Gasteiger charge is 2.53. The zero-order chi connectivity index (χ0) is 65.5. The van der Waals surface area contributed by atoms with Gasteiger partial charge in [-0.3, -0.25) is 18.9 Å². The van der Waals surface area contributed by atoms with Crippen LogP contribution in [-0.4, -0.2) is 160 Å². The Kier molecular flexibility index (Phi) is 48.3. The number of phosphoric acid groups is 1. The fraction of sp³-hybridized carbons (Fsp3) is 0.940. The predicted molar refractivity (Wildman–Crippen MR) is 343 cm³/mol. The van der Waals surface area contributed by atoms with Gasteiger partial charge in [-0.25, -0.2) is 13.8 Å². The number of carbonyl (C=O) groups excluding carboxylic acids is 3. The van der Waals surface area contributed by atoms with Gasteiger partial charge in [-0.05, 0) is 38.5 Å². The van der Waals surface area contributed by atoms with Gasteiger partial charge in [0, 0.05) is 26.4 Å². The van der Waals surface area contributed by atoms with Crippen LogP contribution in [0.25, 0.3) is 0 Å². The molecule has 0 aromatic rings. The average molecular weight is 1300 g/mol. The van der Waals surface area contributed by atoms with E-state index in [1.807, 2.05) is 0 Å². The van der Waals surface area contributed by atoms with Crippen LogP contribution in [0.2, 0.25) is 0 Å². The highest BCUT2D eigenvalue weighted by atomic mass is 31.2. The number of esters is 1. The van der Waals surface area contributed by atoms with Crippen LogP contribution >= 0.6 is 7.82 Å². The van der Waals surface area contributed by atoms with E-state index in [9.17, 15) is 54.0 Å². The zero-order valence-electron chi connectivity index (χ0n) is 55.7. The summed E-state index contributed by atoms with van der Waals surface area (Å²) in [6, 6.07) is -2.98. The van der Waals surface area contributed by atoms with Crippen LogP contribution in [0.4, 0.5) is 4.39 Å². The smallest absolute Gasteiger partial charge is 0.470 e. The molecule has 2 fully saturated rings. The number of halogens is 1. The molecular weight excluding hydrogens is 1170 g/mol. The van der Waals surface area contributed by atoms with E-state index in [1.54, 1.807) is 0 Å². The van der Waals surface area contributed by atoms with Gasteiger partial charge in [-0.1, -0.05) is 233 Å². The lowest BCUT2D eigenvalue weighted by molar-refractivity contribution is -0.287. The van der Waals surface area contributed by atoms with Crippen molar-refractivity contribution in [3.05, 3.63) is 0 Å². The minimum absolute atomic E-state index is 0.122. The van der Waals surface area contributed by atoms with Gasteiger partial charge in [-0.15, -0.1) is 0 Å². The molecule has 2 heterocycles. The van der Waals surface area contributed by atoms with Crippen molar-refractivity contribution in [2.75, 3.05) is 26.5 Å². The highest BCUT2D eigenvalue weighted by molar-refractivity contribution is 7.46. The number of hydrogen-bond acceptors (Lipinski definition) is 15. The molecule has 2 amide bonds. The standard InChI is InChI=1S/C67H126FN2O18P/c1-6-10-14-18-22-24-25-27-31-35-39-43-58(75)85-54(42-38-34-30-26-23-19-15-11-7-2)45-47-83-64-60(69-51(5)71)67(87-55(49-68)62(64)88-89(79,80)81)84-50-56-61(76)63(82-46-44-52(72)40-36-32-28-20-16-12-8-3)59(65(86-56)66(77)78)70-57(74)48-53(73)41-37-33-29-21-17-13-9-4/h52-56,59-65,67,72-73,76H,6-50H2,1-5H3,(H,69,71)(H,70,74)(H,77,78)(H2,79,80,81)/t52-,53-,54-,55-,56-,59-,60-,61-,62-,63-,64-,65+,67-/m1/s1. The first-order valence-electron chi connectivity index (χ1n) is 35.4. The van der Waals surface area contributed by atoms with Crippen LogP contribution in [0.1, 0.15) is 298 Å². The number of hydrogen-bond donors (Lipinski definition) is 8. The molecule has 0 bridgehead atoms. The Morgan fingerprint density at radius 2 is 0.978 bits per heavy atom. The number of carboxylic acids is 1. The van der Waals surface area contributed by atoms with Gasteiger partial charge < -0.3 is 69.3 Å². The monoisotopic (exact) mass is 1300 g/mol. The van der Waals surface area contributed by atoms with Gasteiger partial charge in [0.2, 0.25) is 11.8 Å². The molecule has 0 saturated carbocycles. The number of aliphatic carboxylic acids is 1. The lowest BCUT2D eigenvalue weighted by atomic mass is 9.91. The van der Waals surface area contributed by atoms with Crippen molar-refractivity contribution in [1.82, 2.24) is 10.6 Å². The first-order valence-corrected chi connectivity index (χ1v) is 36.9. The summed E-state index contributed by atoms with van der Waals surface area (Å²) in [6.07, 6.45) is 22.3. The third-order valence-corrected chi connectivity index (χ3v) is 17.8. The Hall–Kier alpha value is -2.40. The second kappa shape index (κ2) is 51.9. The van der Waals surface area contributed by atoms with Crippen molar-refractivity contribution in [3.63, 3.8) is 0 Å². The minimum Gasteiger partial charge on any atom is -0.479 e. The van der Waals surface area contributed by atoms with Crippen molar-refractivity contribution < 1.29 is 91.3 Å². The number of carbonyl (C=O) groups is 4. The van der Waals surface area contributed by atoms with Crippen LogP contribution in [0.5, 0.6) is 0 Å². The lowest BCUT2D eigenvalue weighted by Gasteiger charge is -2.47. The number of phosphoric ester groups is 1. The molecule has 2 rings (SSSR count). The molecular formula is C67H126FN2O18P. The maximum Gasteiger partial charge on any atom is 0.470 e. The molecule has 8 N–H and O–H groups in total. The Labute approximate surface area is 535 Å². The van der Waals surface area contributed by atoms with E-state index < -0.39 is 118 Å². The SMILES string of the molecule is CCCCCCCCCCCCCC(=O)O[C@H](CCCCCCCCCCC)CCO[C@@H]1[C@@H](NC(C)=O)[C@H](OC[C@H]2O[C@H](C(=O)O)[C@H](NC(=O)C[C@H](O)CCCCCCCCC)[C@@H](OCC[C@H](O)CCCCCCCCC)[C@@H]2O)O[C@H](CF)[C@H]1OP(=O)(O)O. The number of amides is 2. The molecule has 0 spiro atoms. The van der Waals surface area contributed by atoms with E-state index in [0.29, 0.717) is 32.1 Å². The normalized spacial score (nSPS) is 23.2. The van der Waals surface area contributed by atoms with Gasteiger partial charge in [0.15, 0.2) is 12.4 Å². The summed E-state index contributed by atoms with van der Waals surface area (Å²) in [6.45, 7) is 7.42. The van der Waals surface area contributed by atoms with Gasteiger partial charge >= 0.3 is 19.8 Å². The first kappa shape index (κ1) is 82.7. The van der Waals surface area contributed by atoms with Gasteiger partial charge in [-0.2, -0.15) is 0 Å². The van der Waals surface area contributed by atoms with E-state index in [1.165, 1.54) is 77.0 Å². The average Bonchev–Trinajstić information content (AvgIpc) is 1.23. The summed E-state index contributed by atoms with van der Waals surface area (Å²) in [7, 11) is -5.40. The lowest BCUT2D eigenvalue weighted by Crippen LogP contribution is -2.68. The van der Waals surface area contributed by atoms with Crippen LogP contribution in [0.3, 0.4) is 0 Å². The van der Waals surface area contributed by atoms with E-state index in [2.05, 4.69) is 38.3 Å². The van der Waals surface area contributed by atoms with E-state index in [4.69, 9.17) is 32.9 Å². The number of unbranched alkanes of at least 4 members (excludes halogenated alkanes) is 30. The molecule has 2 aliphatic rings. The second-order valence-electron chi connectivity index (χ2n) is 25.4. The molecule has 13 atom stereocenters. The predicted octanol–water partition coefficient (Wildman–Crippen LogP) is 12.9. The summed E-state index contributed by atoms with van der Waals surface area (Å²) in [5, 5.41) is 49.8. The van der Waals surface area contributed by atoms with Crippen LogP contribution < -0.4 is 10.6 Å². The molecule has 524 valence electrons. The Balaban J connectivity index is 2.36. The maximum absolute atomic E-state index is 15.2. The minimum atomic E-state index is -5.40. The molecule has 0 radical (unpaired) electrons. The van der Waals surface area contributed by atoms with E-state index in [0.717, 1.165) is 135 Å². The molecule has 0 aromatic carbocycles. The molecule has 0 aliphatic carbocycles. The molecule has 2 aliphatic heterocycles. The Morgan fingerprint density at radius 1 is 0.528 bits per heavy atom. The summed E-state index contributed by atoms with van der Waals surface area (Å²) < 4.78 is 69.6. The van der Waals surface area contributed by atoms with Crippen LogP contribution in [-0.2, 0) is 56.7 Å². The number of nitrogens with one attached hydrogen (secondary N) is 2. The van der Waals surface area contributed by atoms with Crippen molar-refractivity contribution in [2.45, 2.75) is 377 Å². The van der Waals surface area contributed by atoms with E-state index >= 15 is 4.39 Å². The summed E-state index contributed by atoms with van der Waals surface area (Å²) in [5.41, 5.74) is 0. The fourth-order valence-corrected chi connectivity index (χ4v) is 12.6. The third-order valence-electron chi connectivity index (χ3n) is 17.3. The maximum atomic E-state index is 15.2. The molecule has 89 heavy (non-hydrogen) atoms. The zero-order valence-corrected chi connectivity index (χ0v) is 56.6. The first-order chi connectivity index (χ1) is 42.9. The number of rotatable bonds is 58. The molecule has 0 aromatic heterocycles. The Bertz CT molecular complexity index is 1840. The summed E-state index contributed by atoms with van der Waals surface area (Å²) in [5.74, 6) is -3.26. The quantitative estimate of drug-likeness (QED) is 0.0159. The van der Waals surface area contributed by atoms with E-state index in [-0.39, 0.29) is 44.9 Å². The largest absolute Gasteiger partial charge is 0.479 e. The Morgan fingerprint density at radius 3 is 1.45 bits per heavy atom. The highest BCUT2D eigenvalue weighted by Crippen LogP contribution is 2.43. The van der Waals surface area contributed by atoms with Crippen LogP contribution in [0, 0.1) is 0 Å². The number of carboxylic acid groups (broad SMARTS) is 1. The van der Waals surface area contributed by atoms with Crippen LogP contribution in [0.15, 0.2) is 0 Å². The molecule has 20 nitrogen and oxygen atoms in total. The summed E-state index contributed by atoms with van der Waals surface area (Å²) in [4.78, 5) is 73.3. The number of aliphatic hydroxyl groups excluding tert-OH is 3. The number of ether oxygens (including phenoxy) is 6. The number of aliphatic hydroxyl groups is 3. The summed E-state index contributed by atoms with van der Waals surface area (Å²) >= 11 is 0. The number of alkyl halides is 1. The van der Waals surface area contributed by atoms with Crippen molar-refractivity contribution in [3.8, 4) is 0 Å². The van der Waals surface area contributed by atoms with Crippen molar-refractivity contribution in [1.29, 1.82) is 0 Å². The molecule has 22 heteroatoms. The fourth-order valence-electron chi connectivity index (χ4n) is 12.1. The van der Waals surface area contributed by atoms with Gasteiger partial charge in [0.1, 0.15) is 55.4 Å². The molecule has 2 saturated heterocycles. The van der Waals surface area contributed by atoms with Crippen molar-refractivity contribution in [2.24, 2.45) is 0 Å². The second-order valence-corrected chi connectivity index (χ2v) is 26.6. The topological polar surface area (TPSA) is 295 Å². The van der Waals surface area contributed by atoms with Crippen molar-refractivity contribution >= 4 is 31.6 Å². The van der Waals surface area contributed by atoms with Gasteiger partial charge in [0.05, 0.1) is 37.9 Å². The van der Waals surface area contributed by atoms with Gasteiger partial charge in [0.25, 0.3) is 0 Å². The molecule has 0 unspecified atom stereocenters.